The first-order chi connectivity index (χ1) is 14.1. The second kappa shape index (κ2) is 9.76. The fourth-order valence-electron chi connectivity index (χ4n) is 2.79. The Morgan fingerprint density at radius 2 is 2.10 bits per heavy atom. The van der Waals surface area contributed by atoms with Crippen LogP contribution >= 0.6 is 11.3 Å². The highest BCUT2D eigenvalue weighted by Crippen LogP contribution is 2.28. The molecule has 0 atom stereocenters. The predicted octanol–water partition coefficient (Wildman–Crippen LogP) is 4.00. The fourth-order valence-corrected chi connectivity index (χ4v) is 3.61. The van der Waals surface area contributed by atoms with Crippen molar-refractivity contribution >= 4 is 17.2 Å². The quantitative estimate of drug-likeness (QED) is 0.575. The van der Waals surface area contributed by atoms with Crippen molar-refractivity contribution in [2.24, 2.45) is 0 Å². The van der Waals surface area contributed by atoms with E-state index in [9.17, 15) is 4.79 Å². The normalized spacial score (nSPS) is 10.2. The van der Waals surface area contributed by atoms with Crippen molar-refractivity contribution < 1.29 is 14.3 Å². The lowest BCUT2D eigenvalue weighted by atomic mass is 10.1. The van der Waals surface area contributed by atoms with Crippen molar-refractivity contribution in [2.45, 2.75) is 19.9 Å². The Kier molecular flexibility index (Phi) is 6.88. The summed E-state index contributed by atoms with van der Waals surface area (Å²) < 4.78 is 10.8. The number of carbonyl (C=O) groups excluding carboxylic acids is 1. The molecule has 1 amide bonds. The van der Waals surface area contributed by atoms with Gasteiger partial charge >= 0.3 is 0 Å². The Morgan fingerprint density at radius 1 is 1.24 bits per heavy atom. The highest BCUT2D eigenvalue weighted by atomic mass is 32.1. The molecule has 0 saturated carbocycles. The number of carbonyl (C=O) groups is 1. The van der Waals surface area contributed by atoms with Crippen LogP contribution in [-0.4, -0.2) is 24.6 Å². The Hall–Kier alpha value is -3.30. The first-order valence-electron chi connectivity index (χ1n) is 9.10. The Labute approximate surface area is 174 Å². The van der Waals surface area contributed by atoms with Gasteiger partial charge in [0.2, 0.25) is 5.91 Å². The molecule has 0 unspecified atom stereocenters. The van der Waals surface area contributed by atoms with Gasteiger partial charge in [0, 0.05) is 17.5 Å². The average molecular weight is 407 g/mol. The molecule has 0 aliphatic heterocycles. The van der Waals surface area contributed by atoms with Crippen molar-refractivity contribution in [3.63, 3.8) is 0 Å². The lowest BCUT2D eigenvalue weighted by Crippen LogP contribution is -2.24. The van der Waals surface area contributed by atoms with E-state index in [1.54, 1.807) is 24.5 Å². The van der Waals surface area contributed by atoms with Crippen LogP contribution < -0.4 is 14.8 Å². The number of hydrogen-bond donors (Lipinski definition) is 1. The molecule has 0 aliphatic carbocycles. The molecule has 1 aromatic heterocycles. The van der Waals surface area contributed by atoms with Crippen LogP contribution in [0.4, 0.5) is 0 Å². The number of amides is 1. The van der Waals surface area contributed by atoms with Crippen LogP contribution in [0.25, 0.3) is 10.6 Å². The van der Waals surface area contributed by atoms with Gasteiger partial charge in [-0.1, -0.05) is 35.7 Å². The van der Waals surface area contributed by atoms with Gasteiger partial charge in [-0.15, -0.1) is 17.8 Å². The maximum atomic E-state index is 12.3. The van der Waals surface area contributed by atoms with Gasteiger partial charge in [-0.25, -0.2) is 4.98 Å². The zero-order valence-electron chi connectivity index (χ0n) is 16.4. The molecule has 1 N–H and O–H groups in total. The van der Waals surface area contributed by atoms with Gasteiger partial charge in [0.15, 0.2) is 11.5 Å². The SMILES string of the molecule is C#CCOc1cc(CNC(=O)Cc2csc(-c3cccc(C)c3)n2)ccc1OC. The van der Waals surface area contributed by atoms with Crippen LogP contribution in [-0.2, 0) is 17.8 Å². The first-order valence-corrected chi connectivity index (χ1v) is 9.98. The summed E-state index contributed by atoms with van der Waals surface area (Å²) in [5, 5.41) is 5.76. The van der Waals surface area contributed by atoms with Gasteiger partial charge in [0.1, 0.15) is 11.6 Å². The summed E-state index contributed by atoms with van der Waals surface area (Å²) in [6.07, 6.45) is 5.48. The molecule has 2 aromatic carbocycles. The van der Waals surface area contributed by atoms with E-state index >= 15 is 0 Å². The zero-order valence-corrected chi connectivity index (χ0v) is 17.2. The molecular weight excluding hydrogens is 384 g/mol. The number of terminal acetylenes is 1. The van der Waals surface area contributed by atoms with Crippen LogP contribution in [0.5, 0.6) is 11.5 Å². The van der Waals surface area contributed by atoms with Crippen LogP contribution in [0.3, 0.4) is 0 Å². The van der Waals surface area contributed by atoms with Crippen molar-refractivity contribution in [2.75, 3.05) is 13.7 Å². The number of thiazole rings is 1. The maximum absolute atomic E-state index is 12.3. The van der Waals surface area contributed by atoms with Crippen LogP contribution in [0.2, 0.25) is 0 Å². The lowest BCUT2D eigenvalue weighted by molar-refractivity contribution is -0.120. The fraction of sp³-hybridized carbons (Fsp3) is 0.217. The molecule has 0 fully saturated rings. The highest BCUT2D eigenvalue weighted by Gasteiger charge is 2.10. The third-order valence-corrected chi connectivity index (χ3v) is 5.13. The summed E-state index contributed by atoms with van der Waals surface area (Å²) in [6, 6.07) is 13.7. The second-order valence-corrected chi connectivity index (χ2v) is 7.30. The predicted molar refractivity (Wildman–Crippen MR) is 115 cm³/mol. The van der Waals surface area contributed by atoms with Crippen molar-refractivity contribution in [3.8, 4) is 34.4 Å². The number of nitrogens with zero attached hydrogens (tertiary/aromatic N) is 1. The molecular formula is C23H22N2O3S. The molecule has 5 nitrogen and oxygen atoms in total. The number of hydrogen-bond acceptors (Lipinski definition) is 5. The van der Waals surface area contributed by atoms with Gasteiger partial charge in [0.05, 0.1) is 19.2 Å². The summed E-state index contributed by atoms with van der Waals surface area (Å²) in [5.41, 5.74) is 3.91. The highest BCUT2D eigenvalue weighted by molar-refractivity contribution is 7.13. The number of aryl methyl sites for hydroxylation is 1. The van der Waals surface area contributed by atoms with E-state index in [4.69, 9.17) is 15.9 Å². The van der Waals surface area contributed by atoms with Crippen molar-refractivity contribution in [1.82, 2.24) is 10.3 Å². The molecule has 3 rings (SSSR count). The third kappa shape index (κ3) is 5.59. The minimum atomic E-state index is -0.0898. The van der Waals surface area contributed by atoms with Gasteiger partial charge < -0.3 is 14.8 Å². The lowest BCUT2D eigenvalue weighted by Gasteiger charge is -2.11. The number of ether oxygens (including phenoxy) is 2. The van der Waals surface area contributed by atoms with Gasteiger partial charge in [0.25, 0.3) is 0 Å². The molecule has 29 heavy (non-hydrogen) atoms. The van der Waals surface area contributed by atoms with Crippen LogP contribution in [0.1, 0.15) is 16.8 Å². The summed E-state index contributed by atoms with van der Waals surface area (Å²) in [6.45, 7) is 2.58. The molecule has 0 spiro atoms. The van der Waals surface area contributed by atoms with Gasteiger partial charge in [-0.3, -0.25) is 4.79 Å². The van der Waals surface area contributed by atoms with E-state index in [1.165, 1.54) is 5.56 Å². The molecule has 1 heterocycles. The van der Waals surface area contributed by atoms with Crippen LogP contribution in [0, 0.1) is 19.3 Å². The molecule has 3 aromatic rings. The van der Waals surface area contributed by atoms with Crippen molar-refractivity contribution in [3.05, 3.63) is 64.7 Å². The largest absolute Gasteiger partial charge is 0.493 e. The monoisotopic (exact) mass is 406 g/mol. The Bertz CT molecular complexity index is 1040. The van der Waals surface area contributed by atoms with E-state index in [2.05, 4.69) is 22.3 Å². The van der Waals surface area contributed by atoms with E-state index in [0.29, 0.717) is 18.0 Å². The van der Waals surface area contributed by atoms with Crippen LogP contribution in [0.15, 0.2) is 47.8 Å². The summed E-state index contributed by atoms with van der Waals surface area (Å²) in [5.74, 6) is 3.49. The molecule has 0 saturated heterocycles. The average Bonchev–Trinajstić information content (AvgIpc) is 3.19. The number of methoxy groups -OCH3 is 1. The Morgan fingerprint density at radius 3 is 2.86 bits per heavy atom. The first kappa shape index (κ1) is 20.4. The molecule has 0 radical (unpaired) electrons. The summed E-state index contributed by atoms with van der Waals surface area (Å²) in [4.78, 5) is 16.9. The zero-order chi connectivity index (χ0) is 20.6. The minimum Gasteiger partial charge on any atom is -0.493 e. The number of nitrogens with one attached hydrogen (secondary N) is 1. The number of rotatable bonds is 8. The van der Waals surface area contributed by atoms with Crippen molar-refractivity contribution in [1.29, 1.82) is 0 Å². The smallest absolute Gasteiger partial charge is 0.226 e. The third-order valence-electron chi connectivity index (χ3n) is 4.19. The molecule has 6 heteroatoms. The standard InChI is InChI=1S/C23H22N2O3S/c1-4-10-28-21-12-17(8-9-20(21)27-3)14-24-22(26)13-19-15-29-23(25-19)18-7-5-6-16(2)11-18/h1,5-9,11-12,15H,10,13-14H2,2-3H3,(H,24,26). The van der Waals surface area contributed by atoms with Gasteiger partial charge in [-0.2, -0.15) is 0 Å². The topological polar surface area (TPSA) is 60.5 Å². The number of aromatic nitrogens is 1. The molecule has 148 valence electrons. The minimum absolute atomic E-state index is 0.0898. The van der Waals surface area contributed by atoms with E-state index in [1.807, 2.05) is 42.6 Å². The second-order valence-electron chi connectivity index (χ2n) is 6.44. The molecule has 0 aliphatic rings. The van der Waals surface area contributed by atoms with E-state index in [-0.39, 0.29) is 18.9 Å². The summed E-state index contributed by atoms with van der Waals surface area (Å²) >= 11 is 1.54. The summed E-state index contributed by atoms with van der Waals surface area (Å²) in [7, 11) is 1.57. The van der Waals surface area contributed by atoms with Gasteiger partial charge in [-0.05, 0) is 30.7 Å². The maximum Gasteiger partial charge on any atom is 0.226 e. The number of benzene rings is 2. The van der Waals surface area contributed by atoms with E-state index < -0.39 is 0 Å². The Balaban J connectivity index is 1.58. The molecule has 0 bridgehead atoms. The van der Waals surface area contributed by atoms with E-state index in [0.717, 1.165) is 21.8 Å².